The lowest BCUT2D eigenvalue weighted by Gasteiger charge is -2.35. The number of carbonyl (C=O) groups excluding carboxylic acids is 2. The second-order valence-electron chi connectivity index (χ2n) is 10.0. The van der Waals surface area contributed by atoms with Crippen LogP contribution in [0, 0.1) is 12.7 Å². The van der Waals surface area contributed by atoms with E-state index in [1.807, 2.05) is 13.0 Å². The van der Waals surface area contributed by atoms with Gasteiger partial charge in [-0.1, -0.05) is 6.92 Å². The van der Waals surface area contributed by atoms with Gasteiger partial charge in [0.2, 0.25) is 5.91 Å². The van der Waals surface area contributed by atoms with Crippen LogP contribution >= 0.6 is 0 Å². The maximum Gasteiger partial charge on any atom is 0.343 e. The molecule has 6 rings (SSSR count). The summed E-state index contributed by atoms with van der Waals surface area (Å²) in [5.41, 5.74) is 4.07. The monoisotopic (exact) mass is 505 g/mol. The Morgan fingerprint density at radius 3 is 2.76 bits per heavy atom. The number of halogens is 1. The highest BCUT2D eigenvalue weighted by molar-refractivity contribution is 5.93. The molecule has 0 radical (unpaired) electrons. The number of amides is 1. The van der Waals surface area contributed by atoms with Crippen LogP contribution in [0.1, 0.15) is 73.0 Å². The molecule has 0 bridgehead atoms. The molecule has 1 N–H and O–H groups in total. The summed E-state index contributed by atoms with van der Waals surface area (Å²) in [7, 11) is 0. The zero-order valence-electron chi connectivity index (χ0n) is 21.3. The molecule has 192 valence electrons. The van der Waals surface area contributed by atoms with E-state index in [0.29, 0.717) is 52.9 Å². The lowest BCUT2D eigenvalue weighted by atomic mass is 9.81. The predicted molar refractivity (Wildman–Crippen MR) is 134 cm³/mol. The van der Waals surface area contributed by atoms with Gasteiger partial charge in [0.05, 0.1) is 35.1 Å². The largest absolute Gasteiger partial charge is 0.458 e. The van der Waals surface area contributed by atoms with E-state index in [4.69, 9.17) is 14.5 Å². The minimum absolute atomic E-state index is 0.121. The Morgan fingerprint density at radius 2 is 2.05 bits per heavy atom. The number of pyridine rings is 2. The van der Waals surface area contributed by atoms with Gasteiger partial charge in [0.1, 0.15) is 12.4 Å². The second-order valence-corrected chi connectivity index (χ2v) is 10.0. The van der Waals surface area contributed by atoms with Crippen molar-refractivity contribution in [3.05, 3.63) is 61.7 Å². The van der Waals surface area contributed by atoms with Gasteiger partial charge in [-0.25, -0.2) is 14.2 Å². The predicted octanol–water partition coefficient (Wildman–Crippen LogP) is 3.69. The Morgan fingerprint density at radius 1 is 1.27 bits per heavy atom. The van der Waals surface area contributed by atoms with Gasteiger partial charge < -0.3 is 19.4 Å². The molecule has 3 aromatic rings. The standard InChI is InChI=1S/C28H28FN3O5/c1-5-28(37-6-2)18-9-22-25-16(11-32(22)26(34)17(18)12-36-27(28)35)24-20(30-14(4)33)8-7-15-13(3)19(29)10-21(31-25)23(15)24/h9-10,20H,5-8,11-12H2,1-4H3,(H,30,33)/t20-,28-/m0/s1. The third-order valence-electron chi connectivity index (χ3n) is 8.11. The number of aromatic nitrogens is 2. The van der Waals surface area contributed by atoms with E-state index in [1.165, 1.54) is 13.0 Å². The summed E-state index contributed by atoms with van der Waals surface area (Å²) in [5, 5.41) is 3.91. The molecule has 1 aliphatic carbocycles. The molecule has 37 heavy (non-hydrogen) atoms. The van der Waals surface area contributed by atoms with Crippen molar-refractivity contribution in [2.24, 2.45) is 0 Å². The fraction of sp³-hybridized carbons (Fsp3) is 0.429. The molecule has 1 amide bonds. The van der Waals surface area contributed by atoms with Crippen molar-refractivity contribution in [2.45, 2.75) is 71.8 Å². The number of hydrogen-bond acceptors (Lipinski definition) is 6. The van der Waals surface area contributed by atoms with E-state index >= 15 is 0 Å². The van der Waals surface area contributed by atoms with E-state index in [0.717, 1.165) is 22.1 Å². The minimum Gasteiger partial charge on any atom is -0.458 e. The first-order valence-corrected chi connectivity index (χ1v) is 12.7. The van der Waals surface area contributed by atoms with Crippen LogP contribution < -0.4 is 10.9 Å². The van der Waals surface area contributed by atoms with Gasteiger partial charge in [-0.15, -0.1) is 0 Å². The third-order valence-corrected chi connectivity index (χ3v) is 8.11. The molecule has 0 fully saturated rings. The number of esters is 1. The van der Waals surface area contributed by atoms with Gasteiger partial charge >= 0.3 is 5.97 Å². The molecule has 2 atom stereocenters. The van der Waals surface area contributed by atoms with E-state index in [1.54, 1.807) is 18.4 Å². The van der Waals surface area contributed by atoms with Crippen LogP contribution in [-0.4, -0.2) is 28.0 Å². The number of carbonyl (C=O) groups is 2. The molecule has 0 saturated heterocycles. The maximum absolute atomic E-state index is 14.9. The fourth-order valence-electron chi connectivity index (χ4n) is 6.42. The van der Waals surface area contributed by atoms with E-state index in [9.17, 15) is 18.8 Å². The Hall–Kier alpha value is -3.59. The highest BCUT2D eigenvalue weighted by Gasteiger charge is 2.48. The second kappa shape index (κ2) is 8.21. The van der Waals surface area contributed by atoms with Crippen LogP contribution in [-0.2, 0) is 44.2 Å². The number of aryl methyl sites for hydroxylation is 1. The number of fused-ring (bicyclic) bond motifs is 5. The molecule has 0 spiro atoms. The number of rotatable bonds is 4. The molecule has 0 saturated carbocycles. The van der Waals surface area contributed by atoms with Crippen molar-refractivity contribution in [1.82, 2.24) is 14.9 Å². The van der Waals surface area contributed by atoms with Crippen LogP contribution in [0.5, 0.6) is 0 Å². The van der Waals surface area contributed by atoms with Crippen molar-refractivity contribution in [3.8, 4) is 11.4 Å². The van der Waals surface area contributed by atoms with E-state index < -0.39 is 11.6 Å². The zero-order chi connectivity index (χ0) is 26.2. The van der Waals surface area contributed by atoms with Gasteiger partial charge in [-0.3, -0.25) is 9.59 Å². The van der Waals surface area contributed by atoms with Crippen molar-refractivity contribution in [3.63, 3.8) is 0 Å². The topological polar surface area (TPSA) is 99.5 Å². The van der Waals surface area contributed by atoms with Gasteiger partial charge in [-0.05, 0) is 55.9 Å². The smallest absolute Gasteiger partial charge is 0.343 e. The van der Waals surface area contributed by atoms with Gasteiger partial charge in [-0.2, -0.15) is 0 Å². The zero-order valence-corrected chi connectivity index (χ0v) is 21.3. The molecule has 3 aliphatic rings. The SMILES string of the molecule is CCO[C@]1(CC)C(=O)OCc2c1cc1n(c2=O)Cc2c-1nc1cc(F)c(C)c3c1c2[C@@H](NC(C)=O)CC3. The van der Waals surface area contributed by atoms with Crippen LogP contribution in [0.4, 0.5) is 4.39 Å². The van der Waals surface area contributed by atoms with Crippen molar-refractivity contribution >= 4 is 22.8 Å². The Bertz CT molecular complexity index is 1590. The Balaban J connectivity index is 1.67. The first kappa shape index (κ1) is 23.8. The molecular weight excluding hydrogens is 477 g/mol. The van der Waals surface area contributed by atoms with Crippen LogP contribution in [0.25, 0.3) is 22.3 Å². The van der Waals surface area contributed by atoms with Crippen molar-refractivity contribution in [1.29, 1.82) is 0 Å². The summed E-state index contributed by atoms with van der Waals surface area (Å²) in [6.07, 6.45) is 1.54. The summed E-state index contributed by atoms with van der Waals surface area (Å²) in [6, 6.07) is 2.97. The molecule has 2 aromatic heterocycles. The summed E-state index contributed by atoms with van der Waals surface area (Å²) in [5.74, 6) is -1.00. The maximum atomic E-state index is 14.9. The highest BCUT2D eigenvalue weighted by atomic mass is 19.1. The Kier molecular flexibility index (Phi) is 5.28. The lowest BCUT2D eigenvalue weighted by molar-refractivity contribution is -0.180. The molecule has 4 heterocycles. The van der Waals surface area contributed by atoms with Gasteiger partial charge in [0.15, 0.2) is 5.60 Å². The van der Waals surface area contributed by atoms with Gasteiger partial charge in [0.25, 0.3) is 5.56 Å². The van der Waals surface area contributed by atoms with Crippen molar-refractivity contribution < 1.29 is 23.5 Å². The summed E-state index contributed by atoms with van der Waals surface area (Å²) in [4.78, 5) is 43.7. The third kappa shape index (κ3) is 3.16. The van der Waals surface area contributed by atoms with Crippen LogP contribution in [0.2, 0.25) is 0 Å². The minimum atomic E-state index is -1.37. The fourth-order valence-corrected chi connectivity index (χ4v) is 6.42. The summed E-state index contributed by atoms with van der Waals surface area (Å²) in [6.45, 7) is 7.28. The van der Waals surface area contributed by atoms with E-state index in [2.05, 4.69) is 5.32 Å². The summed E-state index contributed by atoms with van der Waals surface area (Å²) >= 11 is 0. The molecule has 9 heteroatoms. The van der Waals surface area contributed by atoms with E-state index in [-0.39, 0.29) is 43.1 Å². The number of ether oxygens (including phenoxy) is 2. The number of nitrogens with one attached hydrogen (secondary N) is 1. The number of benzene rings is 1. The highest BCUT2D eigenvalue weighted by Crippen LogP contribution is 2.46. The normalized spacial score (nSPS) is 21.3. The molecule has 0 unspecified atom stereocenters. The quantitative estimate of drug-likeness (QED) is 0.425. The van der Waals surface area contributed by atoms with Crippen LogP contribution in [0.3, 0.4) is 0 Å². The summed E-state index contributed by atoms with van der Waals surface area (Å²) < 4.78 is 27.9. The molecule has 2 aliphatic heterocycles. The Labute approximate surface area is 212 Å². The number of cyclic esters (lactones) is 1. The first-order chi connectivity index (χ1) is 17.7. The average Bonchev–Trinajstić information content (AvgIpc) is 3.23. The molecule has 8 nitrogen and oxygen atoms in total. The first-order valence-electron chi connectivity index (χ1n) is 12.7. The van der Waals surface area contributed by atoms with Crippen LogP contribution in [0.15, 0.2) is 16.9 Å². The average molecular weight is 506 g/mol. The molecular formula is C28H28FN3O5. The van der Waals surface area contributed by atoms with Gasteiger partial charge in [0, 0.05) is 36.1 Å². The number of hydrogen-bond donors (Lipinski definition) is 1. The lowest BCUT2D eigenvalue weighted by Crippen LogP contribution is -2.46. The van der Waals surface area contributed by atoms with Crippen molar-refractivity contribution in [2.75, 3.05) is 6.61 Å². The molecule has 1 aromatic carbocycles. The number of nitrogens with zero attached hydrogens (tertiary/aromatic N) is 2.